The highest BCUT2D eigenvalue weighted by atomic mass is 32.2. The molecule has 0 unspecified atom stereocenters. The van der Waals surface area contributed by atoms with Crippen molar-refractivity contribution in [3.05, 3.63) is 30.1 Å². The Hall–Kier alpha value is -1.18. The molecular weight excluding hydrogens is 295 g/mol. The third kappa shape index (κ3) is 5.61. The van der Waals surface area contributed by atoms with Gasteiger partial charge in [-0.15, -0.1) is 0 Å². The number of rotatable bonds is 6. The SMILES string of the molecule is CS(=O)(=O)NC1CCN(CCOc2ccccc2F)CC1. The molecule has 0 atom stereocenters. The van der Waals surface area contributed by atoms with Crippen molar-refractivity contribution in [2.24, 2.45) is 0 Å². The number of hydrogen-bond donors (Lipinski definition) is 1. The first kappa shape index (κ1) is 16.2. The Labute approximate surface area is 125 Å². The molecule has 0 spiro atoms. The van der Waals surface area contributed by atoms with E-state index in [1.165, 1.54) is 12.3 Å². The van der Waals surface area contributed by atoms with Gasteiger partial charge in [0.1, 0.15) is 6.61 Å². The zero-order chi connectivity index (χ0) is 15.3. The van der Waals surface area contributed by atoms with Crippen LogP contribution in [0.5, 0.6) is 5.75 Å². The van der Waals surface area contributed by atoms with E-state index in [2.05, 4.69) is 9.62 Å². The first-order valence-electron chi connectivity index (χ1n) is 7.01. The van der Waals surface area contributed by atoms with Gasteiger partial charge in [0, 0.05) is 12.6 Å². The van der Waals surface area contributed by atoms with Crippen LogP contribution in [0.15, 0.2) is 24.3 Å². The average Bonchev–Trinajstić information content (AvgIpc) is 2.41. The van der Waals surface area contributed by atoms with Gasteiger partial charge in [0.2, 0.25) is 10.0 Å². The second-order valence-corrected chi connectivity index (χ2v) is 7.06. The molecule has 1 aromatic rings. The Morgan fingerprint density at radius 3 is 2.62 bits per heavy atom. The van der Waals surface area contributed by atoms with E-state index in [9.17, 15) is 12.8 Å². The molecule has 0 saturated carbocycles. The van der Waals surface area contributed by atoms with Gasteiger partial charge in [-0.3, -0.25) is 4.90 Å². The Balaban J connectivity index is 1.69. The van der Waals surface area contributed by atoms with E-state index in [4.69, 9.17) is 4.74 Å². The highest BCUT2D eigenvalue weighted by molar-refractivity contribution is 7.88. The van der Waals surface area contributed by atoms with Gasteiger partial charge in [-0.05, 0) is 38.1 Å². The molecule has 1 fully saturated rings. The molecule has 0 amide bonds. The number of sulfonamides is 1. The van der Waals surface area contributed by atoms with Crippen LogP contribution in [0.2, 0.25) is 0 Å². The summed E-state index contributed by atoms with van der Waals surface area (Å²) in [5.41, 5.74) is 0. The van der Waals surface area contributed by atoms with Crippen LogP contribution in [0.25, 0.3) is 0 Å². The number of ether oxygens (including phenoxy) is 1. The smallest absolute Gasteiger partial charge is 0.208 e. The minimum absolute atomic E-state index is 0.0173. The molecule has 1 saturated heterocycles. The van der Waals surface area contributed by atoms with Crippen LogP contribution < -0.4 is 9.46 Å². The van der Waals surface area contributed by atoms with Crippen LogP contribution in [0.3, 0.4) is 0 Å². The van der Waals surface area contributed by atoms with Crippen molar-refractivity contribution in [2.45, 2.75) is 18.9 Å². The second-order valence-electron chi connectivity index (χ2n) is 5.28. The monoisotopic (exact) mass is 316 g/mol. The number of para-hydroxylation sites is 1. The molecule has 1 aromatic carbocycles. The van der Waals surface area contributed by atoms with Gasteiger partial charge in [0.05, 0.1) is 6.26 Å². The normalized spacial score (nSPS) is 17.8. The molecule has 0 bridgehead atoms. The van der Waals surface area contributed by atoms with Crippen molar-refractivity contribution in [1.29, 1.82) is 0 Å². The maximum atomic E-state index is 13.4. The summed E-state index contributed by atoms with van der Waals surface area (Å²) in [6.45, 7) is 2.76. The summed E-state index contributed by atoms with van der Waals surface area (Å²) in [7, 11) is -3.13. The van der Waals surface area contributed by atoms with Crippen LogP contribution >= 0.6 is 0 Å². The van der Waals surface area contributed by atoms with E-state index < -0.39 is 10.0 Å². The van der Waals surface area contributed by atoms with Crippen LogP contribution in [-0.4, -0.2) is 51.9 Å². The second kappa shape index (κ2) is 7.20. The Bertz CT molecular complexity index is 557. The van der Waals surface area contributed by atoms with Gasteiger partial charge in [0.25, 0.3) is 0 Å². The zero-order valence-electron chi connectivity index (χ0n) is 12.1. The fourth-order valence-electron chi connectivity index (χ4n) is 2.42. The highest BCUT2D eigenvalue weighted by Crippen LogP contribution is 2.16. The molecular formula is C14H21FN2O3S. The predicted molar refractivity (Wildman–Crippen MR) is 79.3 cm³/mol. The Kier molecular flexibility index (Phi) is 5.55. The van der Waals surface area contributed by atoms with Gasteiger partial charge in [-0.25, -0.2) is 17.5 Å². The predicted octanol–water partition coefficient (Wildman–Crippen LogP) is 1.22. The van der Waals surface area contributed by atoms with Gasteiger partial charge < -0.3 is 4.74 Å². The number of nitrogens with one attached hydrogen (secondary N) is 1. The number of hydrogen-bond acceptors (Lipinski definition) is 4. The summed E-state index contributed by atoms with van der Waals surface area (Å²) in [5, 5.41) is 0. The molecule has 21 heavy (non-hydrogen) atoms. The van der Waals surface area contributed by atoms with Crippen molar-refractivity contribution in [3.63, 3.8) is 0 Å². The summed E-state index contributed by atoms with van der Waals surface area (Å²) in [5.74, 6) is -0.0836. The fraction of sp³-hybridized carbons (Fsp3) is 0.571. The Morgan fingerprint density at radius 1 is 1.33 bits per heavy atom. The average molecular weight is 316 g/mol. The summed E-state index contributed by atoms with van der Waals surface area (Å²) in [4.78, 5) is 2.20. The largest absolute Gasteiger partial charge is 0.489 e. The number of halogens is 1. The van der Waals surface area contributed by atoms with E-state index in [1.807, 2.05) is 0 Å². The first-order valence-corrected chi connectivity index (χ1v) is 8.90. The summed E-state index contributed by atoms with van der Waals surface area (Å²) in [6.07, 6.45) is 2.75. The zero-order valence-corrected chi connectivity index (χ0v) is 12.9. The maximum absolute atomic E-state index is 13.4. The molecule has 0 aliphatic carbocycles. The first-order chi connectivity index (χ1) is 9.94. The van der Waals surface area contributed by atoms with Crippen LogP contribution in [0, 0.1) is 5.82 Å². The lowest BCUT2D eigenvalue weighted by Gasteiger charge is -2.31. The Morgan fingerprint density at radius 2 is 2.00 bits per heavy atom. The number of nitrogens with zero attached hydrogens (tertiary/aromatic N) is 1. The fourth-order valence-corrected chi connectivity index (χ4v) is 3.26. The molecule has 2 rings (SSSR count). The standard InChI is InChI=1S/C14H21FN2O3S/c1-21(18,19)16-12-6-8-17(9-7-12)10-11-20-14-5-3-2-4-13(14)15/h2-5,12,16H,6-11H2,1H3. The minimum Gasteiger partial charge on any atom is -0.489 e. The molecule has 1 aliphatic heterocycles. The molecule has 1 aliphatic rings. The lowest BCUT2D eigenvalue weighted by molar-refractivity contribution is 0.168. The van der Waals surface area contributed by atoms with E-state index in [-0.39, 0.29) is 17.6 Å². The molecule has 118 valence electrons. The summed E-state index contributed by atoms with van der Waals surface area (Å²) < 4.78 is 43.7. The van der Waals surface area contributed by atoms with Crippen LogP contribution in [0.1, 0.15) is 12.8 Å². The number of piperidine rings is 1. The van der Waals surface area contributed by atoms with Crippen LogP contribution in [0.4, 0.5) is 4.39 Å². The number of likely N-dealkylation sites (tertiary alicyclic amines) is 1. The van der Waals surface area contributed by atoms with Gasteiger partial charge in [-0.2, -0.15) is 0 Å². The molecule has 1 heterocycles. The van der Waals surface area contributed by atoms with E-state index in [0.717, 1.165) is 25.9 Å². The van der Waals surface area contributed by atoms with Gasteiger partial charge in [0.15, 0.2) is 11.6 Å². The van der Waals surface area contributed by atoms with E-state index in [0.29, 0.717) is 13.2 Å². The third-order valence-corrected chi connectivity index (χ3v) is 4.23. The summed E-state index contributed by atoms with van der Waals surface area (Å²) in [6, 6.07) is 6.36. The topological polar surface area (TPSA) is 58.6 Å². The molecule has 1 N–H and O–H groups in total. The van der Waals surface area contributed by atoms with Crippen molar-refractivity contribution in [1.82, 2.24) is 9.62 Å². The van der Waals surface area contributed by atoms with Gasteiger partial charge >= 0.3 is 0 Å². The third-order valence-electron chi connectivity index (χ3n) is 3.47. The van der Waals surface area contributed by atoms with Gasteiger partial charge in [-0.1, -0.05) is 12.1 Å². The lowest BCUT2D eigenvalue weighted by Crippen LogP contribution is -2.45. The quantitative estimate of drug-likeness (QED) is 0.857. The van der Waals surface area contributed by atoms with Crippen LogP contribution in [-0.2, 0) is 10.0 Å². The van der Waals surface area contributed by atoms with Crippen molar-refractivity contribution in [3.8, 4) is 5.75 Å². The number of benzene rings is 1. The lowest BCUT2D eigenvalue weighted by atomic mass is 10.1. The van der Waals surface area contributed by atoms with Crippen molar-refractivity contribution in [2.75, 3.05) is 32.5 Å². The maximum Gasteiger partial charge on any atom is 0.208 e. The van der Waals surface area contributed by atoms with Crippen molar-refractivity contribution >= 4 is 10.0 Å². The van der Waals surface area contributed by atoms with E-state index >= 15 is 0 Å². The van der Waals surface area contributed by atoms with Crippen molar-refractivity contribution < 1.29 is 17.5 Å². The molecule has 7 heteroatoms. The molecule has 5 nitrogen and oxygen atoms in total. The highest BCUT2D eigenvalue weighted by Gasteiger charge is 2.21. The molecule has 0 aromatic heterocycles. The van der Waals surface area contributed by atoms with E-state index in [1.54, 1.807) is 18.2 Å². The minimum atomic E-state index is -3.13. The summed E-state index contributed by atoms with van der Waals surface area (Å²) >= 11 is 0. The molecule has 0 radical (unpaired) electrons.